The Kier molecular flexibility index (Phi) is 3.29. The number of aryl methyl sites for hydroxylation is 1. The molecule has 20 heavy (non-hydrogen) atoms. The molecule has 0 fully saturated rings. The highest BCUT2D eigenvalue weighted by molar-refractivity contribution is 7.16. The van der Waals surface area contributed by atoms with Gasteiger partial charge in [0.05, 0.1) is 0 Å². The summed E-state index contributed by atoms with van der Waals surface area (Å²) < 4.78 is 1.28. The van der Waals surface area contributed by atoms with Crippen molar-refractivity contribution in [1.29, 1.82) is 0 Å². The lowest BCUT2D eigenvalue weighted by Gasteiger charge is -2.00. The van der Waals surface area contributed by atoms with Gasteiger partial charge >= 0.3 is 0 Å². The molecule has 0 unspecified atom stereocenters. The van der Waals surface area contributed by atoms with Crippen LogP contribution in [0.4, 0.5) is 0 Å². The SMILES string of the molecule is Cc1ccc(Cc2nnc3sc(CN)nn3c2=O)cc1. The van der Waals surface area contributed by atoms with Crippen molar-refractivity contribution in [1.82, 2.24) is 19.8 Å². The molecule has 2 N–H and O–H groups in total. The van der Waals surface area contributed by atoms with Gasteiger partial charge in [0.25, 0.3) is 5.56 Å². The Bertz CT molecular complexity index is 806. The van der Waals surface area contributed by atoms with Gasteiger partial charge in [-0.05, 0) is 12.5 Å². The Morgan fingerprint density at radius 1 is 1.25 bits per heavy atom. The molecule has 0 atom stereocenters. The van der Waals surface area contributed by atoms with Gasteiger partial charge in [-0.2, -0.15) is 9.61 Å². The number of nitrogens with zero attached hydrogens (tertiary/aromatic N) is 4. The van der Waals surface area contributed by atoms with Crippen LogP contribution in [0.5, 0.6) is 0 Å². The summed E-state index contributed by atoms with van der Waals surface area (Å²) in [7, 11) is 0. The molecule has 0 amide bonds. The topological polar surface area (TPSA) is 86.2 Å². The Labute approximate surface area is 118 Å². The van der Waals surface area contributed by atoms with Crippen molar-refractivity contribution in [3.63, 3.8) is 0 Å². The molecule has 0 saturated heterocycles. The minimum atomic E-state index is -0.230. The normalized spacial score (nSPS) is 11.1. The highest BCUT2D eigenvalue weighted by Crippen LogP contribution is 2.10. The third-order valence-corrected chi connectivity index (χ3v) is 3.89. The lowest BCUT2D eigenvalue weighted by atomic mass is 10.1. The maximum atomic E-state index is 12.3. The van der Waals surface area contributed by atoms with Crippen molar-refractivity contribution < 1.29 is 0 Å². The molecule has 0 spiro atoms. The van der Waals surface area contributed by atoms with Crippen molar-refractivity contribution in [3.8, 4) is 0 Å². The Morgan fingerprint density at radius 3 is 2.70 bits per heavy atom. The first-order valence-electron chi connectivity index (χ1n) is 6.17. The number of benzene rings is 1. The molecular weight excluding hydrogens is 274 g/mol. The molecule has 1 aromatic carbocycles. The Morgan fingerprint density at radius 2 is 2.00 bits per heavy atom. The fourth-order valence-electron chi connectivity index (χ4n) is 1.88. The van der Waals surface area contributed by atoms with Gasteiger partial charge in [-0.1, -0.05) is 41.2 Å². The summed E-state index contributed by atoms with van der Waals surface area (Å²) in [6, 6.07) is 7.98. The lowest BCUT2D eigenvalue weighted by molar-refractivity contribution is 0.789. The maximum Gasteiger partial charge on any atom is 0.297 e. The second kappa shape index (κ2) is 5.10. The summed E-state index contributed by atoms with van der Waals surface area (Å²) in [5, 5.41) is 12.9. The van der Waals surface area contributed by atoms with Crippen molar-refractivity contribution in [2.45, 2.75) is 19.9 Å². The quantitative estimate of drug-likeness (QED) is 0.773. The van der Waals surface area contributed by atoms with Crippen LogP contribution in [0.1, 0.15) is 21.8 Å². The minimum absolute atomic E-state index is 0.230. The van der Waals surface area contributed by atoms with E-state index in [1.165, 1.54) is 21.4 Å². The van der Waals surface area contributed by atoms with Crippen LogP contribution >= 0.6 is 11.3 Å². The van der Waals surface area contributed by atoms with Gasteiger partial charge in [0.2, 0.25) is 4.96 Å². The van der Waals surface area contributed by atoms with Crippen molar-refractivity contribution in [3.05, 3.63) is 56.4 Å². The van der Waals surface area contributed by atoms with E-state index >= 15 is 0 Å². The Hall–Kier alpha value is -2.12. The fourth-order valence-corrected chi connectivity index (χ4v) is 2.59. The van der Waals surface area contributed by atoms with Crippen LogP contribution in [-0.4, -0.2) is 19.8 Å². The maximum absolute atomic E-state index is 12.3. The molecule has 102 valence electrons. The van der Waals surface area contributed by atoms with Crippen LogP contribution in [0.2, 0.25) is 0 Å². The van der Waals surface area contributed by atoms with E-state index in [9.17, 15) is 4.79 Å². The number of fused-ring (bicyclic) bond motifs is 1. The van der Waals surface area contributed by atoms with Crippen molar-refractivity contribution in [2.75, 3.05) is 0 Å². The van der Waals surface area contributed by atoms with E-state index in [-0.39, 0.29) is 5.56 Å². The predicted octanol–water partition coefficient (Wildman–Crippen LogP) is 0.904. The fraction of sp³-hybridized carbons (Fsp3) is 0.231. The van der Waals surface area contributed by atoms with Crippen LogP contribution in [0, 0.1) is 6.92 Å². The summed E-state index contributed by atoms with van der Waals surface area (Å²) in [5.74, 6) is 0. The van der Waals surface area contributed by atoms with Gasteiger partial charge in [0, 0.05) is 13.0 Å². The molecule has 0 bridgehead atoms. The monoisotopic (exact) mass is 287 g/mol. The van der Waals surface area contributed by atoms with Crippen LogP contribution < -0.4 is 11.3 Å². The summed E-state index contributed by atoms with van der Waals surface area (Å²) in [4.78, 5) is 12.8. The van der Waals surface area contributed by atoms with Crippen molar-refractivity contribution in [2.24, 2.45) is 5.73 Å². The summed E-state index contributed by atoms with van der Waals surface area (Å²) >= 11 is 1.28. The van der Waals surface area contributed by atoms with E-state index in [4.69, 9.17) is 5.73 Å². The molecule has 0 aliphatic rings. The van der Waals surface area contributed by atoms with E-state index in [1.54, 1.807) is 0 Å². The van der Waals surface area contributed by atoms with Gasteiger partial charge in [-0.3, -0.25) is 4.79 Å². The smallest absolute Gasteiger partial charge is 0.297 e. The first kappa shape index (κ1) is 12.9. The van der Waals surface area contributed by atoms with E-state index in [0.29, 0.717) is 28.6 Å². The molecule has 7 heteroatoms. The number of nitrogens with two attached hydrogens (primary N) is 1. The average molecular weight is 287 g/mol. The largest absolute Gasteiger partial charge is 0.324 e. The van der Waals surface area contributed by atoms with Crippen LogP contribution in [0.15, 0.2) is 29.1 Å². The molecule has 2 heterocycles. The second-order valence-electron chi connectivity index (χ2n) is 4.51. The zero-order chi connectivity index (χ0) is 14.1. The van der Waals surface area contributed by atoms with Crippen LogP contribution in [0.3, 0.4) is 0 Å². The minimum Gasteiger partial charge on any atom is -0.324 e. The standard InChI is InChI=1S/C13H13N5OS/c1-8-2-4-9(5-3-8)6-10-12(19)18-13(16-15-10)20-11(7-14)17-18/h2-5H,6-7,14H2,1H3. The molecule has 0 aliphatic heterocycles. The van der Waals surface area contributed by atoms with E-state index in [2.05, 4.69) is 15.3 Å². The van der Waals surface area contributed by atoms with Gasteiger partial charge < -0.3 is 5.73 Å². The molecule has 2 aromatic heterocycles. The molecule has 0 aliphatic carbocycles. The van der Waals surface area contributed by atoms with E-state index in [1.807, 2.05) is 31.2 Å². The molecule has 3 aromatic rings. The van der Waals surface area contributed by atoms with Crippen molar-refractivity contribution >= 4 is 16.3 Å². The average Bonchev–Trinajstić information content (AvgIpc) is 2.88. The zero-order valence-electron chi connectivity index (χ0n) is 10.9. The Balaban J connectivity index is 2.01. The van der Waals surface area contributed by atoms with Crippen LogP contribution in [0.25, 0.3) is 4.96 Å². The van der Waals surface area contributed by atoms with Gasteiger partial charge in [-0.15, -0.1) is 10.2 Å². The number of hydrogen-bond acceptors (Lipinski definition) is 6. The lowest BCUT2D eigenvalue weighted by Crippen LogP contribution is -2.22. The first-order chi connectivity index (χ1) is 9.67. The summed E-state index contributed by atoms with van der Waals surface area (Å²) in [5.41, 5.74) is 7.89. The second-order valence-corrected chi connectivity index (χ2v) is 5.55. The van der Waals surface area contributed by atoms with Gasteiger partial charge in [-0.25, -0.2) is 0 Å². The van der Waals surface area contributed by atoms with E-state index < -0.39 is 0 Å². The third-order valence-electron chi connectivity index (χ3n) is 2.96. The number of rotatable bonds is 3. The molecule has 0 saturated carbocycles. The number of aromatic nitrogens is 4. The molecule has 3 rings (SSSR count). The van der Waals surface area contributed by atoms with Gasteiger partial charge in [0.1, 0.15) is 10.7 Å². The van der Waals surface area contributed by atoms with Gasteiger partial charge in [0.15, 0.2) is 0 Å². The molecule has 0 radical (unpaired) electrons. The summed E-state index contributed by atoms with van der Waals surface area (Å²) in [6.45, 7) is 2.31. The van der Waals surface area contributed by atoms with E-state index in [0.717, 1.165) is 5.56 Å². The summed E-state index contributed by atoms with van der Waals surface area (Å²) in [6.07, 6.45) is 0.449. The first-order valence-corrected chi connectivity index (χ1v) is 6.99. The van der Waals surface area contributed by atoms with Crippen LogP contribution in [-0.2, 0) is 13.0 Å². The third kappa shape index (κ3) is 2.33. The number of hydrogen-bond donors (Lipinski definition) is 1. The highest BCUT2D eigenvalue weighted by atomic mass is 32.1. The molecular formula is C13H13N5OS. The molecule has 6 nitrogen and oxygen atoms in total. The highest BCUT2D eigenvalue weighted by Gasteiger charge is 2.11. The zero-order valence-corrected chi connectivity index (χ0v) is 11.7. The predicted molar refractivity (Wildman–Crippen MR) is 76.8 cm³/mol.